The summed E-state index contributed by atoms with van der Waals surface area (Å²) < 4.78 is 0. The summed E-state index contributed by atoms with van der Waals surface area (Å²) >= 11 is 5.78. The normalized spacial score (nSPS) is 13.8. The van der Waals surface area contributed by atoms with Crippen molar-refractivity contribution in [3.63, 3.8) is 0 Å². The number of ketones is 1. The number of Topliss-reactive ketones (excluding diaryl/α,β-unsaturated/α-hetero) is 1. The first kappa shape index (κ1) is 14.7. The van der Waals surface area contributed by atoms with E-state index in [2.05, 4.69) is 0 Å². The number of hydrogen-bond donors (Lipinski definition) is 2. The van der Waals surface area contributed by atoms with Crippen molar-refractivity contribution in [1.29, 1.82) is 0 Å². The third-order valence-corrected chi connectivity index (χ3v) is 3.49. The van der Waals surface area contributed by atoms with Gasteiger partial charge in [-0.2, -0.15) is 0 Å². The first-order chi connectivity index (χ1) is 9.47. The third kappa shape index (κ3) is 2.75. The van der Waals surface area contributed by atoms with Crippen LogP contribution in [0.3, 0.4) is 0 Å². The number of rotatable bonds is 4. The van der Waals surface area contributed by atoms with E-state index >= 15 is 0 Å². The largest absolute Gasteiger partial charge is 0.393 e. The highest BCUT2D eigenvalue weighted by molar-refractivity contribution is 6.30. The summed E-state index contributed by atoms with van der Waals surface area (Å²) in [4.78, 5) is 12.4. The molecular weight excluding hydrogens is 276 g/mol. The molecule has 2 rings (SSSR count). The lowest BCUT2D eigenvalue weighted by molar-refractivity contribution is -0.00400. The molecule has 104 valence electrons. The number of hydrogen-bond acceptors (Lipinski definition) is 3. The highest BCUT2D eigenvalue weighted by atomic mass is 35.5. The second-order valence-electron chi connectivity index (χ2n) is 4.72. The molecule has 2 aromatic carbocycles. The van der Waals surface area contributed by atoms with Crippen LogP contribution in [0.15, 0.2) is 48.5 Å². The third-order valence-electron chi connectivity index (χ3n) is 3.24. The van der Waals surface area contributed by atoms with Crippen LogP contribution in [0, 0.1) is 6.92 Å². The second-order valence-corrected chi connectivity index (χ2v) is 5.16. The molecule has 0 amide bonds. The number of halogens is 1. The van der Waals surface area contributed by atoms with E-state index in [0.29, 0.717) is 16.1 Å². The van der Waals surface area contributed by atoms with Crippen molar-refractivity contribution in [2.45, 2.75) is 12.5 Å². The van der Waals surface area contributed by atoms with Gasteiger partial charge >= 0.3 is 0 Å². The van der Waals surface area contributed by atoms with Crippen molar-refractivity contribution >= 4 is 17.4 Å². The van der Waals surface area contributed by atoms with Gasteiger partial charge < -0.3 is 10.2 Å². The van der Waals surface area contributed by atoms with Crippen molar-refractivity contribution in [3.05, 3.63) is 70.2 Å². The van der Waals surface area contributed by atoms with E-state index in [1.54, 1.807) is 36.4 Å². The van der Waals surface area contributed by atoms with E-state index in [-0.39, 0.29) is 0 Å². The Labute approximate surface area is 122 Å². The molecule has 20 heavy (non-hydrogen) atoms. The van der Waals surface area contributed by atoms with E-state index in [1.807, 2.05) is 6.92 Å². The molecule has 0 aliphatic heterocycles. The monoisotopic (exact) mass is 290 g/mol. The lowest BCUT2D eigenvalue weighted by Gasteiger charge is -2.25. The summed E-state index contributed by atoms with van der Waals surface area (Å²) in [5, 5.41) is 20.5. The van der Waals surface area contributed by atoms with Crippen molar-refractivity contribution in [2.24, 2.45) is 0 Å². The maximum Gasteiger partial charge on any atom is 0.201 e. The van der Waals surface area contributed by atoms with E-state index in [4.69, 9.17) is 11.6 Å². The van der Waals surface area contributed by atoms with Crippen LogP contribution >= 0.6 is 11.6 Å². The van der Waals surface area contributed by atoms with Gasteiger partial charge in [-0.1, -0.05) is 41.4 Å². The molecule has 0 aliphatic carbocycles. The molecule has 0 saturated carbocycles. The maximum atomic E-state index is 12.4. The molecule has 0 fully saturated rings. The van der Waals surface area contributed by atoms with Crippen LogP contribution in [0.5, 0.6) is 0 Å². The molecule has 0 saturated heterocycles. The van der Waals surface area contributed by atoms with Gasteiger partial charge in [0.05, 0.1) is 6.61 Å². The van der Waals surface area contributed by atoms with Crippen LogP contribution in [-0.4, -0.2) is 22.6 Å². The first-order valence-electron chi connectivity index (χ1n) is 6.18. The van der Waals surface area contributed by atoms with Gasteiger partial charge in [-0.15, -0.1) is 0 Å². The number of carbonyl (C=O) groups excluding carboxylic acids is 1. The minimum absolute atomic E-state index is 0.298. The van der Waals surface area contributed by atoms with Gasteiger partial charge in [0.2, 0.25) is 5.78 Å². The molecule has 0 radical (unpaired) electrons. The highest BCUT2D eigenvalue weighted by Crippen LogP contribution is 2.26. The molecule has 0 spiro atoms. The summed E-state index contributed by atoms with van der Waals surface area (Å²) in [6, 6.07) is 13.0. The summed E-state index contributed by atoms with van der Waals surface area (Å²) in [6.45, 7) is 1.22. The zero-order valence-electron chi connectivity index (χ0n) is 11.0. The topological polar surface area (TPSA) is 57.5 Å². The molecule has 2 aromatic rings. The Kier molecular flexibility index (Phi) is 4.23. The lowest BCUT2D eigenvalue weighted by atomic mass is 9.86. The van der Waals surface area contributed by atoms with Crippen molar-refractivity contribution in [2.75, 3.05) is 6.61 Å². The molecular formula is C16H15ClO3. The van der Waals surface area contributed by atoms with Crippen molar-refractivity contribution in [3.8, 4) is 0 Å². The number of benzene rings is 2. The van der Waals surface area contributed by atoms with Gasteiger partial charge in [-0.05, 0) is 36.8 Å². The zero-order chi connectivity index (χ0) is 14.8. The summed E-state index contributed by atoms with van der Waals surface area (Å²) in [6.07, 6.45) is 0. The summed E-state index contributed by atoms with van der Waals surface area (Å²) in [5.41, 5.74) is -0.272. The molecule has 1 unspecified atom stereocenters. The fraction of sp³-hybridized carbons (Fsp3) is 0.188. The molecule has 0 bridgehead atoms. The average molecular weight is 291 g/mol. The quantitative estimate of drug-likeness (QED) is 0.851. The highest BCUT2D eigenvalue weighted by Gasteiger charge is 2.37. The summed E-state index contributed by atoms with van der Waals surface area (Å²) in [7, 11) is 0. The number of aliphatic hydroxyl groups is 2. The van der Waals surface area contributed by atoms with Crippen LogP contribution in [0.4, 0.5) is 0 Å². The standard InChI is InChI=1S/C16H15ClO3/c1-11-2-6-13(7-3-11)16(20,10-18)15(19)12-4-8-14(17)9-5-12/h2-9,18,20H,10H2,1H3. The van der Waals surface area contributed by atoms with Crippen LogP contribution in [-0.2, 0) is 5.60 Å². The van der Waals surface area contributed by atoms with Gasteiger partial charge in [-0.25, -0.2) is 0 Å². The molecule has 3 nitrogen and oxygen atoms in total. The van der Waals surface area contributed by atoms with E-state index in [0.717, 1.165) is 5.56 Å². The zero-order valence-corrected chi connectivity index (χ0v) is 11.8. The fourth-order valence-corrected chi connectivity index (χ4v) is 2.09. The smallest absolute Gasteiger partial charge is 0.201 e. The minimum atomic E-state index is -1.94. The van der Waals surface area contributed by atoms with Crippen LogP contribution in [0.25, 0.3) is 0 Å². The Bertz CT molecular complexity index is 605. The van der Waals surface area contributed by atoms with E-state index in [9.17, 15) is 15.0 Å². The number of aryl methyl sites for hydroxylation is 1. The average Bonchev–Trinajstić information content (AvgIpc) is 2.47. The SMILES string of the molecule is Cc1ccc(C(O)(CO)C(=O)c2ccc(Cl)cc2)cc1. The summed E-state index contributed by atoms with van der Waals surface area (Å²) in [5.74, 6) is -0.555. The molecule has 4 heteroatoms. The van der Waals surface area contributed by atoms with Crippen LogP contribution in [0.1, 0.15) is 21.5 Å². The molecule has 0 heterocycles. The molecule has 0 aromatic heterocycles. The predicted molar refractivity (Wildman–Crippen MR) is 77.9 cm³/mol. The lowest BCUT2D eigenvalue weighted by Crippen LogP contribution is -2.39. The Hall–Kier alpha value is -1.68. The second kappa shape index (κ2) is 5.75. The van der Waals surface area contributed by atoms with E-state index < -0.39 is 18.0 Å². The Morgan fingerprint density at radius 2 is 1.65 bits per heavy atom. The predicted octanol–water partition coefficient (Wildman–Crippen LogP) is 2.71. The molecule has 0 aliphatic rings. The van der Waals surface area contributed by atoms with Gasteiger partial charge in [0.25, 0.3) is 0 Å². The Morgan fingerprint density at radius 3 is 2.15 bits per heavy atom. The maximum absolute atomic E-state index is 12.4. The Balaban J connectivity index is 2.42. The minimum Gasteiger partial charge on any atom is -0.393 e. The first-order valence-corrected chi connectivity index (χ1v) is 6.56. The van der Waals surface area contributed by atoms with Gasteiger partial charge in [-0.3, -0.25) is 4.79 Å². The van der Waals surface area contributed by atoms with Crippen molar-refractivity contribution in [1.82, 2.24) is 0 Å². The molecule has 1 atom stereocenters. The van der Waals surface area contributed by atoms with Gasteiger partial charge in [0.15, 0.2) is 5.60 Å². The fourth-order valence-electron chi connectivity index (χ4n) is 1.96. The van der Waals surface area contributed by atoms with E-state index in [1.165, 1.54) is 12.1 Å². The van der Waals surface area contributed by atoms with Gasteiger partial charge in [0, 0.05) is 10.6 Å². The Morgan fingerprint density at radius 1 is 1.10 bits per heavy atom. The molecule has 2 N–H and O–H groups in total. The van der Waals surface area contributed by atoms with Crippen LogP contribution in [0.2, 0.25) is 5.02 Å². The van der Waals surface area contributed by atoms with Gasteiger partial charge in [0.1, 0.15) is 0 Å². The van der Waals surface area contributed by atoms with Crippen molar-refractivity contribution < 1.29 is 15.0 Å². The van der Waals surface area contributed by atoms with Crippen LogP contribution < -0.4 is 0 Å². The number of aliphatic hydroxyl groups excluding tert-OH is 1. The number of carbonyl (C=O) groups is 1.